The summed E-state index contributed by atoms with van der Waals surface area (Å²) in [4.78, 5) is 11.7. The van der Waals surface area contributed by atoms with E-state index < -0.39 is 5.79 Å². The van der Waals surface area contributed by atoms with Crippen LogP contribution in [-0.4, -0.2) is 25.8 Å². The Morgan fingerprint density at radius 2 is 2.13 bits per heavy atom. The van der Waals surface area contributed by atoms with Gasteiger partial charge in [-0.2, -0.15) is 0 Å². The first-order valence-electron chi connectivity index (χ1n) is 5.27. The van der Waals surface area contributed by atoms with Crippen molar-refractivity contribution in [1.82, 2.24) is 0 Å². The van der Waals surface area contributed by atoms with Gasteiger partial charge in [-0.15, -0.1) is 0 Å². The fourth-order valence-electron chi connectivity index (χ4n) is 3.18. The zero-order valence-electron chi connectivity index (χ0n) is 8.90. The summed E-state index contributed by atoms with van der Waals surface area (Å²) in [7, 11) is 3.28. The maximum atomic E-state index is 11.7. The van der Waals surface area contributed by atoms with Crippen molar-refractivity contribution in [2.75, 3.05) is 14.2 Å². The minimum atomic E-state index is -0.680. The molecule has 3 unspecified atom stereocenters. The lowest BCUT2D eigenvalue weighted by Gasteiger charge is -2.58. The van der Waals surface area contributed by atoms with Crippen LogP contribution in [0.1, 0.15) is 6.42 Å². The second kappa shape index (κ2) is 2.80. The van der Waals surface area contributed by atoms with E-state index in [1.165, 1.54) is 5.57 Å². The third kappa shape index (κ3) is 0.905. The molecule has 1 saturated carbocycles. The van der Waals surface area contributed by atoms with Gasteiger partial charge in [-0.3, -0.25) is 4.79 Å². The second-order valence-corrected chi connectivity index (χ2v) is 4.42. The van der Waals surface area contributed by atoms with Gasteiger partial charge in [-0.1, -0.05) is 11.6 Å². The van der Waals surface area contributed by atoms with Gasteiger partial charge in [0.05, 0.1) is 5.92 Å². The SMILES string of the molecule is COC1(OC)C=CC(=O)C2C3=CCC3C21. The summed E-state index contributed by atoms with van der Waals surface area (Å²) in [6, 6.07) is 0. The minimum absolute atomic E-state index is 0.0219. The fraction of sp³-hybridized carbons (Fsp3) is 0.583. The van der Waals surface area contributed by atoms with Crippen molar-refractivity contribution in [2.24, 2.45) is 17.8 Å². The average molecular weight is 206 g/mol. The summed E-state index contributed by atoms with van der Waals surface area (Å²) in [6.07, 6.45) is 6.60. The first-order valence-corrected chi connectivity index (χ1v) is 5.27. The maximum absolute atomic E-state index is 11.7. The number of ether oxygens (including phenoxy) is 2. The molecule has 0 radical (unpaired) electrons. The van der Waals surface area contributed by atoms with E-state index >= 15 is 0 Å². The van der Waals surface area contributed by atoms with Crippen molar-refractivity contribution in [1.29, 1.82) is 0 Å². The van der Waals surface area contributed by atoms with Gasteiger partial charge in [0.1, 0.15) is 0 Å². The van der Waals surface area contributed by atoms with E-state index in [1.807, 2.05) is 0 Å². The largest absolute Gasteiger partial charge is 0.349 e. The topological polar surface area (TPSA) is 35.5 Å². The molecule has 3 aliphatic rings. The molecule has 0 bridgehead atoms. The Kier molecular flexibility index (Phi) is 1.74. The first kappa shape index (κ1) is 9.31. The number of fused-ring (bicyclic) bond motifs is 4. The van der Waals surface area contributed by atoms with Gasteiger partial charge < -0.3 is 9.47 Å². The maximum Gasteiger partial charge on any atom is 0.192 e. The molecule has 0 spiro atoms. The highest BCUT2D eigenvalue weighted by molar-refractivity contribution is 5.97. The average Bonchev–Trinajstić information content (AvgIpc) is 2.23. The summed E-state index contributed by atoms with van der Waals surface area (Å²) in [5, 5.41) is 0. The number of ketones is 1. The highest BCUT2D eigenvalue weighted by Gasteiger charge is 2.62. The van der Waals surface area contributed by atoms with Crippen LogP contribution in [0.15, 0.2) is 23.8 Å². The van der Waals surface area contributed by atoms with Gasteiger partial charge in [-0.05, 0) is 24.5 Å². The Bertz CT molecular complexity index is 376. The molecule has 3 rings (SSSR count). The molecule has 0 heterocycles. The molecule has 3 aliphatic carbocycles. The van der Waals surface area contributed by atoms with Gasteiger partial charge in [0, 0.05) is 20.1 Å². The molecule has 1 fully saturated rings. The van der Waals surface area contributed by atoms with Crippen molar-refractivity contribution in [3.05, 3.63) is 23.8 Å². The molecule has 3 heteroatoms. The van der Waals surface area contributed by atoms with Crippen molar-refractivity contribution < 1.29 is 14.3 Å². The molecule has 80 valence electrons. The zero-order chi connectivity index (χ0) is 10.6. The number of carbonyl (C=O) groups excluding carboxylic acids is 1. The predicted molar refractivity (Wildman–Crippen MR) is 54.1 cm³/mol. The van der Waals surface area contributed by atoms with Crippen molar-refractivity contribution >= 4 is 5.78 Å². The third-order valence-electron chi connectivity index (χ3n) is 4.08. The predicted octanol–water partition coefficient (Wildman–Crippen LogP) is 1.31. The van der Waals surface area contributed by atoms with E-state index in [1.54, 1.807) is 26.4 Å². The van der Waals surface area contributed by atoms with E-state index in [-0.39, 0.29) is 17.6 Å². The summed E-state index contributed by atoms with van der Waals surface area (Å²) in [5.41, 5.74) is 1.30. The van der Waals surface area contributed by atoms with Gasteiger partial charge in [0.15, 0.2) is 11.6 Å². The van der Waals surface area contributed by atoms with Crippen LogP contribution in [0.25, 0.3) is 0 Å². The van der Waals surface area contributed by atoms with Crippen molar-refractivity contribution in [3.63, 3.8) is 0 Å². The smallest absolute Gasteiger partial charge is 0.192 e. The molecule has 0 saturated heterocycles. The van der Waals surface area contributed by atoms with Crippen LogP contribution in [-0.2, 0) is 14.3 Å². The van der Waals surface area contributed by atoms with Gasteiger partial charge in [0.25, 0.3) is 0 Å². The molecule has 3 nitrogen and oxygen atoms in total. The third-order valence-corrected chi connectivity index (χ3v) is 4.08. The lowest BCUT2D eigenvalue weighted by Crippen LogP contribution is -2.61. The van der Waals surface area contributed by atoms with E-state index in [9.17, 15) is 4.79 Å². The Labute approximate surface area is 88.7 Å². The molecule has 15 heavy (non-hydrogen) atoms. The molecular formula is C12H14O3. The first-order chi connectivity index (χ1) is 7.23. The van der Waals surface area contributed by atoms with Crippen molar-refractivity contribution in [3.8, 4) is 0 Å². The zero-order valence-corrected chi connectivity index (χ0v) is 8.90. The number of carbonyl (C=O) groups is 1. The normalized spacial score (nSPS) is 39.7. The highest BCUT2D eigenvalue weighted by Crippen LogP contribution is 2.60. The number of methoxy groups -OCH3 is 2. The fourth-order valence-corrected chi connectivity index (χ4v) is 3.18. The van der Waals surface area contributed by atoms with Crippen LogP contribution in [0.2, 0.25) is 0 Å². The number of allylic oxidation sites excluding steroid dienone is 3. The monoisotopic (exact) mass is 206 g/mol. The Hall–Kier alpha value is -0.930. The standard InChI is InChI=1S/C12H14O3/c1-14-12(15-2)6-5-9(13)10-7-3-4-8(7)11(10)12/h3,5-6,8,10-11H,4H2,1-2H3. The van der Waals surface area contributed by atoms with Crippen LogP contribution < -0.4 is 0 Å². The van der Waals surface area contributed by atoms with Gasteiger partial charge in [0.2, 0.25) is 0 Å². The Morgan fingerprint density at radius 3 is 2.67 bits per heavy atom. The summed E-state index contributed by atoms with van der Waals surface area (Å²) in [5.74, 6) is 0.232. The van der Waals surface area contributed by atoms with Gasteiger partial charge in [-0.25, -0.2) is 0 Å². The number of rotatable bonds is 2. The van der Waals surface area contributed by atoms with E-state index in [2.05, 4.69) is 6.08 Å². The van der Waals surface area contributed by atoms with E-state index in [0.29, 0.717) is 5.92 Å². The van der Waals surface area contributed by atoms with Crippen LogP contribution in [0.3, 0.4) is 0 Å². The van der Waals surface area contributed by atoms with E-state index in [4.69, 9.17) is 9.47 Å². The van der Waals surface area contributed by atoms with Crippen LogP contribution in [0.4, 0.5) is 0 Å². The lowest BCUT2D eigenvalue weighted by atomic mass is 9.48. The molecule has 0 aromatic carbocycles. The molecule has 3 atom stereocenters. The molecule has 0 N–H and O–H groups in total. The van der Waals surface area contributed by atoms with Crippen LogP contribution in [0, 0.1) is 17.8 Å². The number of hydrogen-bond acceptors (Lipinski definition) is 3. The molecule has 0 aromatic heterocycles. The molecular weight excluding hydrogens is 192 g/mol. The molecule has 0 aromatic rings. The summed E-state index contributed by atoms with van der Waals surface area (Å²) >= 11 is 0. The van der Waals surface area contributed by atoms with Crippen LogP contribution in [0.5, 0.6) is 0 Å². The lowest BCUT2D eigenvalue weighted by molar-refractivity contribution is -0.240. The number of hydrogen-bond donors (Lipinski definition) is 0. The quantitative estimate of drug-likeness (QED) is 0.504. The minimum Gasteiger partial charge on any atom is -0.349 e. The van der Waals surface area contributed by atoms with Crippen molar-refractivity contribution in [2.45, 2.75) is 12.2 Å². The van der Waals surface area contributed by atoms with Gasteiger partial charge >= 0.3 is 0 Å². The molecule has 0 aliphatic heterocycles. The Morgan fingerprint density at radius 1 is 1.40 bits per heavy atom. The molecule has 0 amide bonds. The summed E-state index contributed by atoms with van der Waals surface area (Å²) in [6.45, 7) is 0. The van der Waals surface area contributed by atoms with E-state index in [0.717, 1.165) is 6.42 Å². The second-order valence-electron chi connectivity index (χ2n) is 4.42. The van der Waals surface area contributed by atoms with Crippen LogP contribution >= 0.6 is 0 Å². The summed E-state index contributed by atoms with van der Waals surface area (Å²) < 4.78 is 10.9. The Balaban J connectivity index is 2.03. The highest BCUT2D eigenvalue weighted by atomic mass is 16.7.